The van der Waals surface area contributed by atoms with Crippen LogP contribution in [-0.2, 0) is 10.2 Å². The highest BCUT2D eigenvalue weighted by molar-refractivity contribution is 7.90. The van der Waals surface area contributed by atoms with Crippen molar-refractivity contribution < 1.29 is 21.6 Å². The number of halogens is 4. The fraction of sp³-hybridized carbons (Fsp3) is 0.161. The molecule has 0 unspecified atom stereocenters. The van der Waals surface area contributed by atoms with Gasteiger partial charge in [-0.05, 0) is 42.5 Å². The summed E-state index contributed by atoms with van der Waals surface area (Å²) in [5, 5.41) is 6.54. The molecule has 16 heteroatoms. The van der Waals surface area contributed by atoms with Crippen LogP contribution >= 0.6 is 22.9 Å². The number of hydrogen-bond donors (Lipinski definition) is 2. The fourth-order valence-corrected chi connectivity index (χ4v) is 7.69. The van der Waals surface area contributed by atoms with Crippen LogP contribution in [-0.4, -0.2) is 51.5 Å². The molecule has 3 aromatic heterocycles. The van der Waals surface area contributed by atoms with Crippen molar-refractivity contribution in [3.8, 4) is 11.3 Å². The average Bonchev–Trinajstić information content (AvgIpc) is 3.83. The zero-order chi connectivity index (χ0) is 32.7. The summed E-state index contributed by atoms with van der Waals surface area (Å²) < 4.78 is 73.8. The van der Waals surface area contributed by atoms with E-state index in [1.165, 1.54) is 29.5 Å². The van der Waals surface area contributed by atoms with Crippen LogP contribution in [0.15, 0.2) is 101 Å². The summed E-state index contributed by atoms with van der Waals surface area (Å²) in [6.07, 6.45) is 4.61. The first-order valence-electron chi connectivity index (χ1n) is 14.2. The molecule has 2 N–H and O–H groups in total. The van der Waals surface area contributed by atoms with E-state index in [9.17, 15) is 21.6 Å². The smallest absolute Gasteiger partial charge is 0.326 e. The predicted octanol–water partition coefficient (Wildman–Crippen LogP) is 6.52. The summed E-state index contributed by atoms with van der Waals surface area (Å²) >= 11 is 7.85. The molecule has 2 aromatic carbocycles. The van der Waals surface area contributed by atoms with Crippen LogP contribution in [0.1, 0.15) is 35.3 Å². The molecule has 0 spiro atoms. The number of alkyl halides is 2. The van der Waals surface area contributed by atoms with Gasteiger partial charge in [-0.3, -0.25) is 14.7 Å². The molecule has 47 heavy (non-hydrogen) atoms. The van der Waals surface area contributed by atoms with E-state index in [1.54, 1.807) is 42.0 Å². The van der Waals surface area contributed by atoms with Gasteiger partial charge in [0.2, 0.25) is 0 Å². The van der Waals surface area contributed by atoms with E-state index >= 15 is 0 Å². The van der Waals surface area contributed by atoms with E-state index in [-0.39, 0.29) is 23.7 Å². The van der Waals surface area contributed by atoms with Crippen molar-refractivity contribution >= 4 is 50.2 Å². The maximum atomic E-state index is 14.1. The van der Waals surface area contributed by atoms with Gasteiger partial charge in [0.1, 0.15) is 11.9 Å². The average molecular weight is 697 g/mol. The van der Waals surface area contributed by atoms with Gasteiger partial charge >= 0.3 is 6.55 Å². The van der Waals surface area contributed by atoms with Gasteiger partial charge in [0.15, 0.2) is 10.8 Å². The Hall–Kier alpha value is -4.57. The summed E-state index contributed by atoms with van der Waals surface area (Å²) in [5.41, 5.74) is 3.60. The van der Waals surface area contributed by atoms with Crippen LogP contribution < -0.4 is 9.44 Å². The number of fused-ring (bicyclic) bond motifs is 1. The third-order valence-corrected chi connectivity index (χ3v) is 9.89. The minimum Gasteiger partial charge on any atom is -0.326 e. The van der Waals surface area contributed by atoms with Gasteiger partial charge < -0.3 is 4.90 Å². The number of thiazole rings is 1. The lowest BCUT2D eigenvalue weighted by Gasteiger charge is -2.32. The lowest BCUT2D eigenvalue weighted by molar-refractivity contribution is 0.0564. The normalized spacial score (nSPS) is 18.1. The molecule has 0 amide bonds. The molecule has 7 rings (SSSR count). The first kappa shape index (κ1) is 31.1. The van der Waals surface area contributed by atoms with Gasteiger partial charge in [-0.2, -0.15) is 27.0 Å². The summed E-state index contributed by atoms with van der Waals surface area (Å²) in [4.78, 5) is 15.5. The quantitative estimate of drug-likeness (QED) is 0.181. The van der Waals surface area contributed by atoms with Gasteiger partial charge in [-0.25, -0.2) is 14.1 Å². The molecule has 2 aliphatic rings. The Bertz CT molecular complexity index is 2090. The Morgan fingerprint density at radius 2 is 1.83 bits per heavy atom. The first-order valence-corrected chi connectivity index (χ1v) is 17.0. The summed E-state index contributed by atoms with van der Waals surface area (Å²) in [5.74, 6) is -0.108. The maximum Gasteiger partial charge on any atom is 0.333 e. The van der Waals surface area contributed by atoms with Crippen LogP contribution in [0.25, 0.3) is 16.8 Å². The minimum absolute atomic E-state index is 0.0885. The lowest BCUT2D eigenvalue weighted by Crippen LogP contribution is -2.41. The molecule has 10 nitrogen and oxygen atoms in total. The fourth-order valence-electron chi connectivity index (χ4n) is 5.68. The first-order chi connectivity index (χ1) is 22.6. The Morgan fingerprint density at radius 1 is 1.00 bits per heavy atom. The van der Waals surface area contributed by atoms with Crippen LogP contribution in [0.2, 0.25) is 5.02 Å². The SMILES string of the molecule is O=S(=O)(Nc1ccc(-c2ccccn2)cc1)N[C@H]1CC2=C(c3ccn(C(F)F)n3)[C@H](c3ccc(F)cc3Cl)N=C(c3nccs3)N2C1. The Labute approximate surface area is 276 Å². The number of benzene rings is 2. The van der Waals surface area contributed by atoms with Crippen LogP contribution in [0.4, 0.5) is 18.9 Å². The highest BCUT2D eigenvalue weighted by Gasteiger charge is 2.42. The van der Waals surface area contributed by atoms with E-state index in [4.69, 9.17) is 16.6 Å². The van der Waals surface area contributed by atoms with Gasteiger partial charge in [-0.1, -0.05) is 35.9 Å². The van der Waals surface area contributed by atoms with Crippen molar-refractivity contribution in [3.63, 3.8) is 0 Å². The number of nitrogens with zero attached hydrogens (tertiary/aromatic N) is 6. The zero-order valence-corrected chi connectivity index (χ0v) is 26.5. The Morgan fingerprint density at radius 3 is 2.51 bits per heavy atom. The Balaban J connectivity index is 1.23. The molecular formula is C31H24ClF3N8O2S2. The van der Waals surface area contributed by atoms with E-state index in [0.29, 0.717) is 38.0 Å². The highest BCUT2D eigenvalue weighted by Crippen LogP contribution is 2.46. The number of amidine groups is 1. The van der Waals surface area contributed by atoms with Crippen LogP contribution in [0, 0.1) is 5.82 Å². The second-order valence-corrected chi connectivity index (χ2v) is 13.5. The molecule has 2 aliphatic heterocycles. The number of aromatic nitrogens is 4. The maximum absolute atomic E-state index is 14.1. The molecule has 2 atom stereocenters. The molecule has 0 bridgehead atoms. The molecular weight excluding hydrogens is 673 g/mol. The van der Waals surface area contributed by atoms with Crippen LogP contribution in [0.3, 0.4) is 0 Å². The van der Waals surface area contributed by atoms with Crippen molar-refractivity contribution in [2.24, 2.45) is 4.99 Å². The number of rotatable bonds is 9. The molecule has 0 radical (unpaired) electrons. The van der Waals surface area contributed by atoms with Gasteiger partial charge in [0, 0.05) is 76.1 Å². The van der Waals surface area contributed by atoms with Crippen molar-refractivity contribution in [3.05, 3.63) is 124 Å². The number of anilines is 1. The zero-order valence-electron chi connectivity index (χ0n) is 24.1. The standard InChI is InChI=1S/C31H24ClF3N8O2S2/c32-23-15-19(33)6-9-22(23)28-27(25-10-13-43(39-25)31(34)35)26-16-21(17-42(26)29(38-28)30-37-12-14-46-30)41-47(44,45)40-20-7-4-18(5-8-20)24-3-1-2-11-36-24/h1-15,21,28,31,40-41H,16-17H2/t21-,28-/m0/s1. The molecule has 5 aromatic rings. The molecule has 1 fully saturated rings. The second-order valence-electron chi connectivity index (χ2n) is 10.7. The largest absolute Gasteiger partial charge is 0.333 e. The van der Waals surface area contributed by atoms with Crippen molar-refractivity contribution in [1.29, 1.82) is 0 Å². The van der Waals surface area contributed by atoms with Gasteiger partial charge in [-0.15, -0.1) is 11.3 Å². The number of pyridine rings is 1. The third-order valence-electron chi connectivity index (χ3n) is 7.64. The summed E-state index contributed by atoms with van der Waals surface area (Å²) in [7, 11) is -4.08. The summed E-state index contributed by atoms with van der Waals surface area (Å²) in [6.45, 7) is -2.72. The highest BCUT2D eigenvalue weighted by atomic mass is 35.5. The lowest BCUT2D eigenvalue weighted by atomic mass is 9.92. The van der Waals surface area contributed by atoms with E-state index < -0.39 is 34.7 Å². The molecule has 0 saturated carbocycles. The third kappa shape index (κ3) is 6.39. The number of hydrogen-bond acceptors (Lipinski definition) is 8. The van der Waals surface area contributed by atoms with Gasteiger partial charge in [0.05, 0.1) is 11.4 Å². The van der Waals surface area contributed by atoms with Crippen molar-refractivity contribution in [2.45, 2.75) is 25.1 Å². The monoisotopic (exact) mass is 696 g/mol. The van der Waals surface area contributed by atoms with E-state index in [0.717, 1.165) is 23.5 Å². The number of nitrogens with one attached hydrogen (secondary N) is 2. The second kappa shape index (κ2) is 12.6. The van der Waals surface area contributed by atoms with Crippen LogP contribution in [0.5, 0.6) is 0 Å². The number of aliphatic imine (C=N–C) groups is 1. The molecule has 240 valence electrons. The van der Waals surface area contributed by atoms with E-state index in [1.807, 2.05) is 23.1 Å². The molecule has 0 aliphatic carbocycles. The van der Waals surface area contributed by atoms with E-state index in [2.05, 4.69) is 24.5 Å². The van der Waals surface area contributed by atoms with Gasteiger partial charge in [0.25, 0.3) is 10.2 Å². The predicted molar refractivity (Wildman–Crippen MR) is 174 cm³/mol. The summed E-state index contributed by atoms with van der Waals surface area (Å²) in [6, 6.07) is 16.1. The topological polar surface area (TPSA) is 117 Å². The minimum atomic E-state index is -4.08. The molecule has 5 heterocycles. The van der Waals surface area contributed by atoms with Crippen molar-refractivity contribution in [2.75, 3.05) is 11.3 Å². The van der Waals surface area contributed by atoms with Crippen molar-refractivity contribution in [1.82, 2.24) is 29.4 Å². The molecule has 1 saturated heterocycles. The Kier molecular flexibility index (Phi) is 8.30.